The number of rotatable bonds is 11. The molecule has 0 heterocycles. The largest absolute Gasteiger partial charge is 0.493 e. The number of carbonyl (C=O) groups excluding carboxylic acids is 2. The summed E-state index contributed by atoms with van der Waals surface area (Å²) in [5, 5.41) is 10.1. The predicted octanol–water partition coefficient (Wildman–Crippen LogP) is 2.76. The van der Waals surface area contributed by atoms with Gasteiger partial charge in [-0.05, 0) is 30.3 Å². The van der Waals surface area contributed by atoms with Gasteiger partial charge in [0.05, 0.1) is 24.7 Å². The van der Waals surface area contributed by atoms with Crippen LogP contribution < -0.4 is 35.5 Å². The molecule has 17 heteroatoms. The number of amidine groups is 1. The quantitative estimate of drug-likeness (QED) is 0.0542. The van der Waals surface area contributed by atoms with Crippen molar-refractivity contribution in [2.45, 2.75) is 17.1 Å². The molecule has 0 aromatic heterocycles. The SMILES string of the molecule is COc1cc(F)c(C(Nc2ccc(C(=N)N)c(OC(=O)C(F)(F)F)c2)C(=O)NNS(=O)(=O)c2ccccc2)cc1OC. The summed E-state index contributed by atoms with van der Waals surface area (Å²) in [7, 11) is -1.81. The van der Waals surface area contributed by atoms with Gasteiger partial charge in [0.1, 0.15) is 23.4 Å². The highest BCUT2D eigenvalue weighted by atomic mass is 32.2. The Morgan fingerprint density at radius 1 is 0.952 bits per heavy atom. The highest BCUT2D eigenvalue weighted by Gasteiger charge is 2.42. The van der Waals surface area contributed by atoms with Crippen LogP contribution in [0.4, 0.5) is 23.2 Å². The molecule has 42 heavy (non-hydrogen) atoms. The van der Waals surface area contributed by atoms with E-state index in [0.29, 0.717) is 0 Å². The van der Waals surface area contributed by atoms with E-state index in [4.69, 9.17) is 20.6 Å². The number of nitrogens with two attached hydrogens (primary N) is 1. The number of amides is 1. The lowest BCUT2D eigenvalue weighted by Crippen LogP contribution is -2.45. The van der Waals surface area contributed by atoms with Crippen LogP contribution in [-0.4, -0.2) is 46.5 Å². The van der Waals surface area contributed by atoms with E-state index in [-0.39, 0.29) is 22.1 Å². The van der Waals surface area contributed by atoms with E-state index in [1.54, 1.807) is 6.07 Å². The average Bonchev–Trinajstić information content (AvgIpc) is 2.94. The molecule has 0 bridgehead atoms. The normalized spacial score (nSPS) is 12.1. The van der Waals surface area contributed by atoms with Crippen molar-refractivity contribution in [1.29, 1.82) is 5.41 Å². The van der Waals surface area contributed by atoms with Gasteiger partial charge >= 0.3 is 12.1 Å². The highest BCUT2D eigenvalue weighted by molar-refractivity contribution is 7.89. The molecule has 6 N–H and O–H groups in total. The molecule has 12 nitrogen and oxygen atoms in total. The van der Waals surface area contributed by atoms with Gasteiger partial charge in [0.15, 0.2) is 11.5 Å². The molecule has 0 saturated carbocycles. The Balaban J connectivity index is 2.04. The summed E-state index contributed by atoms with van der Waals surface area (Å²) in [6.45, 7) is 0. The van der Waals surface area contributed by atoms with Gasteiger partial charge in [0, 0.05) is 23.4 Å². The number of halogens is 4. The summed E-state index contributed by atoms with van der Waals surface area (Å²) in [6, 6.07) is 10.1. The van der Waals surface area contributed by atoms with Crippen molar-refractivity contribution >= 4 is 33.4 Å². The predicted molar refractivity (Wildman–Crippen MR) is 140 cm³/mol. The van der Waals surface area contributed by atoms with Crippen LogP contribution in [0.25, 0.3) is 0 Å². The van der Waals surface area contributed by atoms with Crippen molar-refractivity contribution in [2.24, 2.45) is 5.73 Å². The fraction of sp³-hybridized carbons (Fsp3) is 0.160. The summed E-state index contributed by atoms with van der Waals surface area (Å²) in [5.74, 6) is -6.42. The lowest BCUT2D eigenvalue weighted by molar-refractivity contribution is -0.189. The smallest absolute Gasteiger partial charge is 0.491 e. The van der Waals surface area contributed by atoms with E-state index in [1.807, 2.05) is 10.3 Å². The number of esters is 1. The van der Waals surface area contributed by atoms with Crippen molar-refractivity contribution in [3.63, 3.8) is 0 Å². The third-order valence-electron chi connectivity index (χ3n) is 5.46. The zero-order chi connectivity index (χ0) is 31.2. The molecule has 0 aliphatic rings. The molecule has 1 amide bonds. The van der Waals surface area contributed by atoms with Gasteiger partial charge in [-0.25, -0.2) is 17.6 Å². The van der Waals surface area contributed by atoms with Gasteiger partial charge < -0.3 is 25.3 Å². The van der Waals surface area contributed by atoms with Crippen molar-refractivity contribution in [3.8, 4) is 17.2 Å². The summed E-state index contributed by atoms with van der Waals surface area (Å²) in [5.41, 5.74) is 6.32. The van der Waals surface area contributed by atoms with E-state index in [0.717, 1.165) is 30.3 Å². The Morgan fingerprint density at radius 2 is 1.57 bits per heavy atom. The molecule has 1 unspecified atom stereocenters. The molecule has 3 aromatic carbocycles. The van der Waals surface area contributed by atoms with Crippen molar-refractivity contribution < 1.29 is 49.8 Å². The monoisotopic (exact) mass is 613 g/mol. The molecule has 0 aliphatic carbocycles. The Morgan fingerprint density at radius 3 is 2.14 bits per heavy atom. The molecule has 0 fully saturated rings. The summed E-state index contributed by atoms with van der Waals surface area (Å²) in [4.78, 5) is 26.4. The standard InChI is InChI=1S/C25H23F4N5O7S/c1-39-19-11-16(17(26)12-20(19)40-2)21(23(35)33-34-42(37,38)14-6-4-3-5-7-14)32-13-8-9-15(22(30)31)18(10-13)41-24(36)25(27,28)29/h3-12,21,32,34H,1-2H3,(H3,30,31)(H,33,35). The lowest BCUT2D eigenvalue weighted by Gasteiger charge is -2.22. The van der Waals surface area contributed by atoms with E-state index in [2.05, 4.69) is 10.1 Å². The minimum absolute atomic E-state index is 0.0231. The second-order valence-corrected chi connectivity index (χ2v) is 9.91. The third-order valence-corrected chi connectivity index (χ3v) is 6.72. The number of hydrogen-bond acceptors (Lipinski definition) is 9. The molecule has 3 aromatic rings. The molecule has 0 radical (unpaired) electrons. The van der Waals surface area contributed by atoms with Crippen LogP contribution >= 0.6 is 0 Å². The van der Waals surface area contributed by atoms with E-state index >= 15 is 4.39 Å². The first kappa shape index (κ1) is 31.6. The van der Waals surface area contributed by atoms with Crippen molar-refractivity contribution in [3.05, 3.63) is 77.6 Å². The maximum Gasteiger partial charge on any atom is 0.491 e. The fourth-order valence-electron chi connectivity index (χ4n) is 3.47. The number of sulfonamides is 1. The van der Waals surface area contributed by atoms with Crippen molar-refractivity contribution in [1.82, 2.24) is 10.3 Å². The van der Waals surface area contributed by atoms with Gasteiger partial charge in [-0.3, -0.25) is 15.6 Å². The molecule has 224 valence electrons. The second-order valence-electron chi connectivity index (χ2n) is 8.23. The number of alkyl halides is 3. The molecule has 0 aliphatic heterocycles. The van der Waals surface area contributed by atoms with Gasteiger partial charge in [0.25, 0.3) is 15.9 Å². The number of anilines is 1. The van der Waals surface area contributed by atoms with Crippen LogP contribution in [0.2, 0.25) is 0 Å². The van der Waals surface area contributed by atoms with Crippen molar-refractivity contribution in [2.75, 3.05) is 19.5 Å². The van der Waals surface area contributed by atoms with Gasteiger partial charge in [-0.2, -0.15) is 13.2 Å². The van der Waals surface area contributed by atoms with E-state index in [9.17, 15) is 31.2 Å². The van der Waals surface area contributed by atoms with Gasteiger partial charge in [0.2, 0.25) is 0 Å². The maximum atomic E-state index is 15.2. The van der Waals surface area contributed by atoms with Crippen LogP contribution in [0.1, 0.15) is 17.2 Å². The second kappa shape index (κ2) is 12.7. The Bertz CT molecular complexity index is 1600. The van der Waals surface area contributed by atoms with Gasteiger partial charge in [-0.15, -0.1) is 4.83 Å². The van der Waals surface area contributed by atoms with Crippen LogP contribution in [-0.2, 0) is 19.6 Å². The number of hydrazine groups is 1. The topological polar surface area (TPSA) is 182 Å². The number of carbonyl (C=O) groups is 2. The highest BCUT2D eigenvalue weighted by Crippen LogP contribution is 2.35. The molecule has 3 rings (SSSR count). The van der Waals surface area contributed by atoms with Crippen LogP contribution in [0.3, 0.4) is 0 Å². The number of nitrogen functional groups attached to an aromatic ring is 1. The number of hydrogen-bond donors (Lipinski definition) is 5. The molecular formula is C25H23F4N5O7S. The maximum absolute atomic E-state index is 15.2. The van der Waals surface area contributed by atoms with Crippen LogP contribution in [0.5, 0.6) is 17.2 Å². The Labute approximate surface area is 236 Å². The first-order valence-corrected chi connectivity index (χ1v) is 13.0. The number of methoxy groups -OCH3 is 2. The molecular weight excluding hydrogens is 590 g/mol. The summed E-state index contributed by atoms with van der Waals surface area (Å²) in [6.07, 6.45) is -5.39. The van der Waals surface area contributed by atoms with Gasteiger partial charge in [-0.1, -0.05) is 18.2 Å². The van der Waals surface area contributed by atoms with E-state index in [1.165, 1.54) is 38.5 Å². The average molecular weight is 614 g/mol. The minimum atomic E-state index is -5.39. The Kier molecular flexibility index (Phi) is 9.59. The fourth-order valence-corrected chi connectivity index (χ4v) is 4.34. The zero-order valence-electron chi connectivity index (χ0n) is 21.7. The zero-order valence-corrected chi connectivity index (χ0v) is 22.5. The summed E-state index contributed by atoms with van der Waals surface area (Å²) >= 11 is 0. The minimum Gasteiger partial charge on any atom is -0.493 e. The molecule has 0 spiro atoms. The number of ether oxygens (including phenoxy) is 3. The van der Waals surface area contributed by atoms with Crippen LogP contribution in [0, 0.1) is 11.2 Å². The van der Waals surface area contributed by atoms with E-state index < -0.39 is 62.6 Å². The first-order chi connectivity index (χ1) is 19.7. The third kappa shape index (κ3) is 7.43. The summed E-state index contributed by atoms with van der Waals surface area (Å²) < 4.78 is 93.5. The molecule has 1 atom stereocenters. The Hall–Kier alpha value is -4.90. The first-order valence-electron chi connectivity index (χ1n) is 11.5. The number of benzene rings is 3. The lowest BCUT2D eigenvalue weighted by atomic mass is 10.0. The van der Waals surface area contributed by atoms with Crippen LogP contribution in [0.15, 0.2) is 65.6 Å². The molecule has 0 saturated heterocycles. The number of nitrogens with one attached hydrogen (secondary N) is 4.